The van der Waals surface area contributed by atoms with Gasteiger partial charge in [-0.05, 0) is 42.7 Å². The number of nitriles is 1. The van der Waals surface area contributed by atoms with E-state index in [0.29, 0.717) is 17.4 Å². The largest absolute Gasteiger partial charge is 0.369 e. The van der Waals surface area contributed by atoms with Crippen molar-refractivity contribution >= 4 is 5.82 Å². The number of rotatable bonds is 3. The van der Waals surface area contributed by atoms with E-state index in [0.717, 1.165) is 25.2 Å². The molecule has 3 heteroatoms. The maximum Gasteiger partial charge on any atom is 0.144 e. The average Bonchev–Trinajstić information content (AvgIpc) is 2.35. The first kappa shape index (κ1) is 12.9. The normalized spacial score (nSPS) is 22.1. The van der Waals surface area contributed by atoms with Gasteiger partial charge in [0.15, 0.2) is 0 Å². The van der Waals surface area contributed by atoms with Gasteiger partial charge in [-0.2, -0.15) is 5.26 Å². The van der Waals surface area contributed by atoms with Crippen LogP contribution in [0.2, 0.25) is 0 Å². The molecular weight excluding hydrogens is 222 g/mol. The second-order valence-corrected chi connectivity index (χ2v) is 5.41. The van der Waals surface area contributed by atoms with Crippen LogP contribution in [0.3, 0.4) is 0 Å². The quantitative estimate of drug-likeness (QED) is 0.884. The fourth-order valence-electron chi connectivity index (χ4n) is 2.76. The SMILES string of the molecule is CCCNc1nc2c(cc1C#N)C(C)CC(C)C2. The summed E-state index contributed by atoms with van der Waals surface area (Å²) in [7, 11) is 0. The van der Waals surface area contributed by atoms with Crippen LogP contribution in [0.25, 0.3) is 0 Å². The van der Waals surface area contributed by atoms with E-state index < -0.39 is 0 Å². The number of hydrogen-bond acceptors (Lipinski definition) is 3. The average molecular weight is 243 g/mol. The van der Waals surface area contributed by atoms with Crippen molar-refractivity contribution in [1.29, 1.82) is 5.26 Å². The van der Waals surface area contributed by atoms with Crippen LogP contribution in [-0.4, -0.2) is 11.5 Å². The van der Waals surface area contributed by atoms with Gasteiger partial charge in [0.1, 0.15) is 11.9 Å². The predicted molar refractivity (Wildman–Crippen MR) is 73.6 cm³/mol. The molecule has 0 saturated heterocycles. The highest BCUT2D eigenvalue weighted by molar-refractivity contribution is 5.55. The Hall–Kier alpha value is -1.56. The number of pyridine rings is 1. The van der Waals surface area contributed by atoms with Crippen molar-refractivity contribution in [2.24, 2.45) is 5.92 Å². The van der Waals surface area contributed by atoms with Crippen LogP contribution in [0.15, 0.2) is 6.07 Å². The number of fused-ring (bicyclic) bond motifs is 1. The van der Waals surface area contributed by atoms with Gasteiger partial charge in [-0.3, -0.25) is 0 Å². The Bertz CT molecular complexity index is 473. The lowest BCUT2D eigenvalue weighted by Gasteiger charge is -2.27. The lowest BCUT2D eigenvalue weighted by molar-refractivity contribution is 0.442. The molecule has 96 valence electrons. The van der Waals surface area contributed by atoms with Gasteiger partial charge in [0, 0.05) is 12.2 Å². The highest BCUT2D eigenvalue weighted by Gasteiger charge is 2.24. The first-order valence-electron chi connectivity index (χ1n) is 6.83. The van der Waals surface area contributed by atoms with Gasteiger partial charge in [-0.15, -0.1) is 0 Å². The second kappa shape index (κ2) is 5.39. The Morgan fingerprint density at radius 2 is 2.28 bits per heavy atom. The Morgan fingerprint density at radius 1 is 1.50 bits per heavy atom. The van der Waals surface area contributed by atoms with E-state index in [1.54, 1.807) is 0 Å². The molecule has 0 amide bonds. The highest BCUT2D eigenvalue weighted by Crippen LogP contribution is 2.35. The van der Waals surface area contributed by atoms with Crippen molar-refractivity contribution in [2.75, 3.05) is 11.9 Å². The van der Waals surface area contributed by atoms with E-state index >= 15 is 0 Å². The molecule has 0 radical (unpaired) electrons. The van der Waals surface area contributed by atoms with Crippen LogP contribution in [0.5, 0.6) is 0 Å². The third-order valence-corrected chi connectivity index (χ3v) is 3.63. The zero-order valence-corrected chi connectivity index (χ0v) is 11.5. The monoisotopic (exact) mass is 243 g/mol. The fourth-order valence-corrected chi connectivity index (χ4v) is 2.76. The molecule has 18 heavy (non-hydrogen) atoms. The minimum absolute atomic E-state index is 0.517. The molecule has 2 atom stereocenters. The van der Waals surface area contributed by atoms with Crippen molar-refractivity contribution in [3.8, 4) is 6.07 Å². The molecule has 2 rings (SSSR count). The van der Waals surface area contributed by atoms with Gasteiger partial charge in [0.2, 0.25) is 0 Å². The number of nitrogens with one attached hydrogen (secondary N) is 1. The molecule has 1 heterocycles. The van der Waals surface area contributed by atoms with Crippen LogP contribution in [0.4, 0.5) is 5.82 Å². The molecule has 0 saturated carbocycles. The van der Waals surface area contributed by atoms with Crippen molar-refractivity contribution in [3.05, 3.63) is 22.9 Å². The molecule has 0 bridgehead atoms. The third-order valence-electron chi connectivity index (χ3n) is 3.63. The smallest absolute Gasteiger partial charge is 0.144 e. The third kappa shape index (κ3) is 2.48. The summed E-state index contributed by atoms with van der Waals surface area (Å²) in [5.74, 6) is 1.97. The number of aromatic nitrogens is 1. The molecule has 1 aliphatic rings. The van der Waals surface area contributed by atoms with E-state index in [1.807, 2.05) is 6.07 Å². The maximum absolute atomic E-state index is 9.23. The molecule has 1 aromatic rings. The molecule has 3 nitrogen and oxygen atoms in total. The van der Waals surface area contributed by atoms with Gasteiger partial charge in [-0.1, -0.05) is 20.8 Å². The Labute approximate surface area is 109 Å². The van der Waals surface area contributed by atoms with E-state index in [4.69, 9.17) is 0 Å². The van der Waals surface area contributed by atoms with Gasteiger partial charge in [-0.25, -0.2) is 4.98 Å². The van der Waals surface area contributed by atoms with Crippen LogP contribution in [0.1, 0.15) is 56.4 Å². The minimum Gasteiger partial charge on any atom is -0.369 e. The molecule has 1 N–H and O–H groups in total. The summed E-state index contributed by atoms with van der Waals surface area (Å²) in [5.41, 5.74) is 3.13. The van der Waals surface area contributed by atoms with Crippen molar-refractivity contribution in [3.63, 3.8) is 0 Å². The zero-order chi connectivity index (χ0) is 13.1. The lowest BCUT2D eigenvalue weighted by atomic mass is 9.80. The molecule has 1 aliphatic carbocycles. The summed E-state index contributed by atoms with van der Waals surface area (Å²) in [5, 5.41) is 12.5. The first-order chi connectivity index (χ1) is 8.65. The number of nitrogens with zero attached hydrogens (tertiary/aromatic N) is 2. The summed E-state index contributed by atoms with van der Waals surface area (Å²) in [6.45, 7) is 7.49. The van der Waals surface area contributed by atoms with Gasteiger partial charge in [0.25, 0.3) is 0 Å². The van der Waals surface area contributed by atoms with Crippen LogP contribution in [0, 0.1) is 17.2 Å². The Morgan fingerprint density at radius 3 is 2.94 bits per heavy atom. The van der Waals surface area contributed by atoms with E-state index in [-0.39, 0.29) is 0 Å². The number of hydrogen-bond donors (Lipinski definition) is 1. The molecule has 0 fully saturated rings. The second-order valence-electron chi connectivity index (χ2n) is 5.41. The Balaban J connectivity index is 2.39. The summed E-state index contributed by atoms with van der Waals surface area (Å²) >= 11 is 0. The van der Waals surface area contributed by atoms with Crippen LogP contribution in [-0.2, 0) is 6.42 Å². The van der Waals surface area contributed by atoms with Gasteiger partial charge in [0.05, 0.1) is 5.56 Å². The lowest BCUT2D eigenvalue weighted by Crippen LogP contribution is -2.18. The molecule has 0 spiro atoms. The van der Waals surface area contributed by atoms with Gasteiger partial charge >= 0.3 is 0 Å². The zero-order valence-electron chi connectivity index (χ0n) is 11.5. The Kier molecular flexibility index (Phi) is 3.86. The summed E-state index contributed by atoms with van der Waals surface area (Å²) in [6, 6.07) is 4.30. The van der Waals surface area contributed by atoms with Crippen molar-refractivity contribution in [1.82, 2.24) is 4.98 Å². The fraction of sp³-hybridized carbons (Fsp3) is 0.600. The molecule has 2 unspecified atom stereocenters. The maximum atomic E-state index is 9.23. The van der Waals surface area contributed by atoms with Crippen LogP contribution >= 0.6 is 0 Å². The van der Waals surface area contributed by atoms with Gasteiger partial charge < -0.3 is 5.32 Å². The molecule has 1 aromatic heterocycles. The van der Waals surface area contributed by atoms with Crippen molar-refractivity contribution < 1.29 is 0 Å². The summed E-state index contributed by atoms with van der Waals surface area (Å²) in [4.78, 5) is 4.69. The van der Waals surface area contributed by atoms with E-state index in [2.05, 4.69) is 37.1 Å². The number of anilines is 1. The minimum atomic E-state index is 0.517. The summed E-state index contributed by atoms with van der Waals surface area (Å²) in [6.07, 6.45) is 3.27. The highest BCUT2D eigenvalue weighted by atomic mass is 15.0. The molecule has 0 aliphatic heterocycles. The molecule has 0 aromatic carbocycles. The van der Waals surface area contributed by atoms with Crippen LogP contribution < -0.4 is 5.32 Å². The van der Waals surface area contributed by atoms with E-state index in [9.17, 15) is 5.26 Å². The standard InChI is InChI=1S/C15H21N3/c1-4-5-17-15-12(9-16)8-13-11(3)6-10(2)7-14(13)18-15/h8,10-11H,4-7H2,1-3H3,(H,17,18). The summed E-state index contributed by atoms with van der Waals surface area (Å²) < 4.78 is 0. The van der Waals surface area contributed by atoms with Crippen molar-refractivity contribution in [2.45, 2.75) is 46.0 Å². The predicted octanol–water partition coefficient (Wildman–Crippen LogP) is 3.46. The van der Waals surface area contributed by atoms with E-state index in [1.165, 1.54) is 17.7 Å². The first-order valence-corrected chi connectivity index (χ1v) is 6.83. The molecular formula is C15H21N3. The topological polar surface area (TPSA) is 48.7 Å².